The van der Waals surface area contributed by atoms with Crippen molar-refractivity contribution in [2.75, 3.05) is 13.7 Å². The number of halogens is 2. The van der Waals surface area contributed by atoms with Gasteiger partial charge < -0.3 is 15.8 Å². The quantitative estimate of drug-likeness (QED) is 0.872. The highest BCUT2D eigenvalue weighted by Gasteiger charge is 2.15. The molecule has 0 aromatic heterocycles. The molecule has 1 amide bonds. The van der Waals surface area contributed by atoms with Gasteiger partial charge in [0.15, 0.2) is 11.6 Å². The lowest BCUT2D eigenvalue weighted by Crippen LogP contribution is -2.34. The van der Waals surface area contributed by atoms with Gasteiger partial charge in [-0.1, -0.05) is 13.0 Å². The van der Waals surface area contributed by atoms with Gasteiger partial charge >= 0.3 is 0 Å². The summed E-state index contributed by atoms with van der Waals surface area (Å²) in [5.41, 5.74) is 6.10. The fraction of sp³-hybridized carbons (Fsp3) is 0.462. The van der Waals surface area contributed by atoms with Crippen LogP contribution in [0.25, 0.3) is 0 Å². The van der Waals surface area contributed by atoms with Crippen LogP contribution in [0.1, 0.15) is 25.5 Å². The van der Waals surface area contributed by atoms with Gasteiger partial charge in [-0.2, -0.15) is 0 Å². The molecule has 0 bridgehead atoms. The average molecular weight is 291 g/mol. The molecule has 0 spiro atoms. The zero-order chi connectivity index (χ0) is 13.7. The highest BCUT2D eigenvalue weighted by Crippen LogP contribution is 2.21. The zero-order valence-corrected chi connectivity index (χ0v) is 12.1. The fourth-order valence-corrected chi connectivity index (χ4v) is 1.50. The van der Waals surface area contributed by atoms with Crippen LogP contribution in [0, 0.1) is 11.7 Å². The van der Waals surface area contributed by atoms with Gasteiger partial charge in [-0.25, -0.2) is 4.39 Å². The largest absolute Gasteiger partial charge is 0.494 e. The lowest BCUT2D eigenvalue weighted by molar-refractivity contribution is -0.124. The molecule has 1 aromatic rings. The van der Waals surface area contributed by atoms with Crippen LogP contribution >= 0.6 is 12.4 Å². The molecule has 19 heavy (non-hydrogen) atoms. The smallest absolute Gasteiger partial charge is 0.224 e. The normalized spacial score (nSPS) is 13.1. The molecule has 0 aliphatic rings. The number of amides is 1. The lowest BCUT2D eigenvalue weighted by Gasteiger charge is -2.17. The first-order valence-electron chi connectivity index (χ1n) is 5.83. The number of benzene rings is 1. The Bertz CT molecular complexity index is 429. The lowest BCUT2D eigenvalue weighted by atomic mass is 10.1. The maximum Gasteiger partial charge on any atom is 0.224 e. The molecule has 0 saturated carbocycles. The summed E-state index contributed by atoms with van der Waals surface area (Å²) >= 11 is 0. The van der Waals surface area contributed by atoms with Crippen LogP contribution < -0.4 is 15.8 Å². The third-order valence-electron chi connectivity index (χ3n) is 2.84. The van der Waals surface area contributed by atoms with E-state index >= 15 is 0 Å². The zero-order valence-electron chi connectivity index (χ0n) is 11.3. The van der Waals surface area contributed by atoms with Gasteiger partial charge in [0, 0.05) is 12.5 Å². The first-order valence-corrected chi connectivity index (χ1v) is 5.83. The van der Waals surface area contributed by atoms with Gasteiger partial charge in [0.1, 0.15) is 0 Å². The van der Waals surface area contributed by atoms with Gasteiger partial charge in [0.2, 0.25) is 5.91 Å². The molecule has 0 aliphatic carbocycles. The maximum atomic E-state index is 13.5. The molecule has 2 atom stereocenters. The van der Waals surface area contributed by atoms with Crippen molar-refractivity contribution in [3.63, 3.8) is 0 Å². The van der Waals surface area contributed by atoms with Crippen molar-refractivity contribution >= 4 is 18.3 Å². The molecule has 6 heteroatoms. The molecule has 2 unspecified atom stereocenters. The van der Waals surface area contributed by atoms with Crippen LogP contribution in [-0.2, 0) is 4.79 Å². The minimum atomic E-state index is -0.442. The van der Waals surface area contributed by atoms with Crippen LogP contribution in [0.5, 0.6) is 5.75 Å². The number of nitrogens with one attached hydrogen (secondary N) is 1. The molecule has 0 saturated heterocycles. The molecule has 0 radical (unpaired) electrons. The van der Waals surface area contributed by atoms with E-state index in [-0.39, 0.29) is 42.6 Å². The third kappa shape index (κ3) is 4.69. The van der Waals surface area contributed by atoms with Crippen molar-refractivity contribution in [2.45, 2.75) is 19.9 Å². The number of carbonyl (C=O) groups excluding carboxylic acids is 1. The van der Waals surface area contributed by atoms with Gasteiger partial charge in [0.25, 0.3) is 0 Å². The summed E-state index contributed by atoms with van der Waals surface area (Å²) in [5.74, 6) is -0.646. The topological polar surface area (TPSA) is 64.3 Å². The van der Waals surface area contributed by atoms with E-state index in [0.29, 0.717) is 5.56 Å². The molecule has 1 rings (SSSR count). The number of nitrogens with two attached hydrogens (primary N) is 1. The number of methoxy groups -OCH3 is 1. The van der Waals surface area contributed by atoms with Gasteiger partial charge in [-0.15, -0.1) is 12.4 Å². The number of carbonyl (C=O) groups is 1. The summed E-state index contributed by atoms with van der Waals surface area (Å²) in [6, 6.07) is 4.35. The molecule has 108 valence electrons. The van der Waals surface area contributed by atoms with E-state index in [4.69, 9.17) is 10.5 Å². The second-order valence-electron chi connectivity index (χ2n) is 4.26. The van der Waals surface area contributed by atoms with E-state index in [2.05, 4.69) is 5.32 Å². The average Bonchev–Trinajstić information content (AvgIpc) is 2.37. The van der Waals surface area contributed by atoms with Crippen LogP contribution in [-0.4, -0.2) is 19.6 Å². The number of hydrogen-bond donors (Lipinski definition) is 2. The summed E-state index contributed by atoms with van der Waals surface area (Å²) in [6.07, 6.45) is 0. The van der Waals surface area contributed by atoms with E-state index in [0.717, 1.165) is 0 Å². The van der Waals surface area contributed by atoms with Crippen LogP contribution in [0.2, 0.25) is 0 Å². The first-order chi connectivity index (χ1) is 8.49. The molecule has 0 aliphatic heterocycles. The molecule has 0 heterocycles. The molecule has 0 fully saturated rings. The molecule has 3 N–H and O–H groups in total. The summed E-state index contributed by atoms with van der Waals surface area (Å²) in [6.45, 7) is 3.83. The summed E-state index contributed by atoms with van der Waals surface area (Å²) in [4.78, 5) is 11.7. The molecule has 4 nitrogen and oxygen atoms in total. The Morgan fingerprint density at radius 2 is 2.11 bits per heavy atom. The molecule has 1 aromatic carbocycles. The van der Waals surface area contributed by atoms with Gasteiger partial charge in [-0.3, -0.25) is 4.79 Å². The summed E-state index contributed by atoms with van der Waals surface area (Å²) in [5, 5.41) is 2.79. The van der Waals surface area contributed by atoms with Crippen molar-refractivity contribution in [1.82, 2.24) is 5.32 Å². The number of hydrogen-bond acceptors (Lipinski definition) is 3. The van der Waals surface area contributed by atoms with E-state index < -0.39 is 5.82 Å². The predicted octanol–water partition coefficient (Wildman–Crippen LogP) is 2.03. The van der Waals surface area contributed by atoms with Crippen molar-refractivity contribution in [2.24, 2.45) is 11.7 Å². The maximum absolute atomic E-state index is 13.5. The fourth-order valence-electron chi connectivity index (χ4n) is 1.50. The first kappa shape index (κ1) is 17.7. The van der Waals surface area contributed by atoms with Crippen molar-refractivity contribution in [3.8, 4) is 5.75 Å². The Morgan fingerprint density at radius 1 is 1.47 bits per heavy atom. The monoisotopic (exact) mass is 290 g/mol. The standard InChI is InChI=1S/C13H19FN2O2.ClH/c1-8(7-15)13(17)16-9(2)10-4-5-12(18-3)11(14)6-10;/h4-6,8-9H,7,15H2,1-3H3,(H,16,17);1H. The molecular formula is C13H20ClFN2O2. The Hall–Kier alpha value is -1.33. The second-order valence-corrected chi connectivity index (χ2v) is 4.26. The van der Waals surface area contributed by atoms with E-state index in [1.807, 2.05) is 0 Å². The van der Waals surface area contributed by atoms with Crippen molar-refractivity contribution < 1.29 is 13.9 Å². The van der Waals surface area contributed by atoms with Gasteiger partial charge in [0.05, 0.1) is 13.2 Å². The third-order valence-corrected chi connectivity index (χ3v) is 2.84. The second kappa shape index (κ2) is 7.96. The van der Waals surface area contributed by atoms with Gasteiger partial charge in [-0.05, 0) is 24.6 Å². The Labute approximate surface area is 118 Å². The Kier molecular flexibility index (Phi) is 7.41. The highest BCUT2D eigenvalue weighted by molar-refractivity contribution is 5.85. The Morgan fingerprint density at radius 3 is 2.58 bits per heavy atom. The minimum absolute atomic E-state index is 0. The number of ether oxygens (including phenoxy) is 1. The Balaban J connectivity index is 0.00000324. The summed E-state index contributed by atoms with van der Waals surface area (Å²) in [7, 11) is 1.41. The summed E-state index contributed by atoms with van der Waals surface area (Å²) < 4.78 is 18.4. The van der Waals surface area contributed by atoms with E-state index in [1.54, 1.807) is 26.0 Å². The van der Waals surface area contributed by atoms with E-state index in [1.165, 1.54) is 13.2 Å². The van der Waals surface area contributed by atoms with Crippen molar-refractivity contribution in [1.29, 1.82) is 0 Å². The predicted molar refractivity (Wildman–Crippen MR) is 75.0 cm³/mol. The molecular weight excluding hydrogens is 271 g/mol. The SMILES string of the molecule is COc1ccc(C(C)NC(=O)C(C)CN)cc1F.Cl. The number of rotatable bonds is 5. The van der Waals surface area contributed by atoms with E-state index in [9.17, 15) is 9.18 Å². The van der Waals surface area contributed by atoms with Crippen molar-refractivity contribution in [3.05, 3.63) is 29.6 Å². The highest BCUT2D eigenvalue weighted by atomic mass is 35.5. The van der Waals surface area contributed by atoms with Crippen LogP contribution in [0.4, 0.5) is 4.39 Å². The van der Waals surface area contributed by atoms with Crippen LogP contribution in [0.3, 0.4) is 0 Å². The minimum Gasteiger partial charge on any atom is -0.494 e. The van der Waals surface area contributed by atoms with Crippen LogP contribution in [0.15, 0.2) is 18.2 Å².